The first kappa shape index (κ1) is 17.2. The minimum Gasteiger partial charge on any atom is -0.472 e. The van der Waals surface area contributed by atoms with Crippen molar-refractivity contribution in [3.05, 3.63) is 52.2 Å². The van der Waals surface area contributed by atoms with Gasteiger partial charge in [0.25, 0.3) is 0 Å². The van der Waals surface area contributed by atoms with Gasteiger partial charge in [0, 0.05) is 12.3 Å². The molecule has 0 spiro atoms. The largest absolute Gasteiger partial charge is 0.472 e. The number of pyridine rings is 1. The summed E-state index contributed by atoms with van der Waals surface area (Å²) >= 11 is 5.78. The Bertz CT molecular complexity index is 837. The molecule has 0 N–H and O–H groups in total. The van der Waals surface area contributed by atoms with E-state index in [1.165, 1.54) is 10.5 Å². The van der Waals surface area contributed by atoms with Gasteiger partial charge in [0.05, 0.1) is 23.0 Å². The lowest BCUT2D eigenvalue weighted by atomic mass is 10.1. The Labute approximate surface area is 147 Å². The predicted octanol–water partition coefficient (Wildman–Crippen LogP) is 3.11. The van der Waals surface area contributed by atoms with Crippen LogP contribution in [0.1, 0.15) is 16.7 Å². The third-order valence-corrected chi connectivity index (χ3v) is 6.37. The first-order valence-corrected chi connectivity index (χ1v) is 9.45. The van der Waals surface area contributed by atoms with Crippen LogP contribution in [0.4, 0.5) is 0 Å². The van der Waals surface area contributed by atoms with E-state index in [0.29, 0.717) is 28.9 Å². The van der Waals surface area contributed by atoms with Crippen LogP contribution < -0.4 is 4.74 Å². The van der Waals surface area contributed by atoms with Gasteiger partial charge >= 0.3 is 0 Å². The van der Waals surface area contributed by atoms with Gasteiger partial charge in [0.1, 0.15) is 6.10 Å². The van der Waals surface area contributed by atoms with Crippen LogP contribution in [-0.2, 0) is 10.0 Å². The second kappa shape index (κ2) is 6.35. The molecule has 5 nitrogen and oxygen atoms in total. The summed E-state index contributed by atoms with van der Waals surface area (Å²) in [7, 11) is -3.50. The van der Waals surface area contributed by atoms with Crippen LogP contribution in [0.15, 0.2) is 35.4 Å². The smallest absolute Gasteiger partial charge is 0.243 e. The van der Waals surface area contributed by atoms with E-state index in [-0.39, 0.29) is 6.10 Å². The lowest BCUT2D eigenvalue weighted by Gasteiger charge is -2.38. The minimum atomic E-state index is -3.50. The lowest BCUT2D eigenvalue weighted by Crippen LogP contribution is -2.56. The number of aryl methyl sites for hydroxylation is 3. The molecule has 1 aromatic carbocycles. The Morgan fingerprint density at radius 2 is 1.79 bits per heavy atom. The summed E-state index contributed by atoms with van der Waals surface area (Å²) in [5, 5.41) is 0.533. The average Bonchev–Trinajstić information content (AvgIpc) is 2.42. The molecular formula is C17H19ClN2O3S. The molecule has 0 saturated carbocycles. The Balaban J connectivity index is 1.72. The van der Waals surface area contributed by atoms with Crippen molar-refractivity contribution in [3.8, 4) is 5.88 Å². The Hall–Kier alpha value is -1.63. The van der Waals surface area contributed by atoms with E-state index in [1.807, 2.05) is 32.9 Å². The van der Waals surface area contributed by atoms with E-state index in [0.717, 1.165) is 16.7 Å². The number of aromatic nitrogens is 1. The van der Waals surface area contributed by atoms with Crippen molar-refractivity contribution in [3.63, 3.8) is 0 Å². The molecule has 7 heteroatoms. The molecule has 0 amide bonds. The first-order chi connectivity index (χ1) is 11.3. The van der Waals surface area contributed by atoms with Crippen molar-refractivity contribution in [1.82, 2.24) is 9.29 Å². The zero-order valence-electron chi connectivity index (χ0n) is 13.8. The molecule has 2 heterocycles. The number of nitrogens with zero attached hydrogens (tertiary/aromatic N) is 2. The Kier molecular flexibility index (Phi) is 4.55. The summed E-state index contributed by atoms with van der Waals surface area (Å²) in [5.74, 6) is 0.448. The summed E-state index contributed by atoms with van der Waals surface area (Å²) in [6.07, 6.45) is 1.31. The molecule has 1 aromatic heterocycles. The quantitative estimate of drug-likeness (QED) is 0.834. The number of halogens is 1. The fourth-order valence-electron chi connectivity index (χ4n) is 2.98. The summed E-state index contributed by atoms with van der Waals surface area (Å²) in [6.45, 7) is 6.26. The molecule has 3 rings (SSSR count). The van der Waals surface area contributed by atoms with E-state index in [9.17, 15) is 8.42 Å². The zero-order chi connectivity index (χ0) is 17.5. The van der Waals surface area contributed by atoms with Crippen LogP contribution in [0.3, 0.4) is 0 Å². The van der Waals surface area contributed by atoms with E-state index < -0.39 is 10.0 Å². The minimum absolute atomic E-state index is 0.195. The maximum absolute atomic E-state index is 12.8. The van der Waals surface area contributed by atoms with Crippen LogP contribution in [0, 0.1) is 20.8 Å². The first-order valence-electron chi connectivity index (χ1n) is 7.63. The number of benzene rings is 1. The van der Waals surface area contributed by atoms with Crippen molar-refractivity contribution >= 4 is 21.6 Å². The van der Waals surface area contributed by atoms with Gasteiger partial charge in [-0.15, -0.1) is 0 Å². The molecule has 0 unspecified atom stereocenters. The predicted molar refractivity (Wildman–Crippen MR) is 93.1 cm³/mol. The van der Waals surface area contributed by atoms with Crippen LogP contribution in [0.25, 0.3) is 0 Å². The van der Waals surface area contributed by atoms with Crippen molar-refractivity contribution < 1.29 is 13.2 Å². The molecule has 0 radical (unpaired) electrons. The molecule has 0 atom stereocenters. The number of hydrogen-bond acceptors (Lipinski definition) is 4. The van der Waals surface area contributed by atoms with Gasteiger partial charge in [0.2, 0.25) is 15.9 Å². The highest BCUT2D eigenvalue weighted by atomic mass is 35.5. The number of sulfonamides is 1. The molecule has 1 aliphatic heterocycles. The number of ether oxygens (including phenoxy) is 1. The maximum Gasteiger partial charge on any atom is 0.243 e. The summed E-state index contributed by atoms with van der Waals surface area (Å²) in [6, 6.07) is 7.15. The van der Waals surface area contributed by atoms with Gasteiger partial charge in [-0.25, -0.2) is 13.4 Å². The van der Waals surface area contributed by atoms with Gasteiger partial charge in [-0.3, -0.25) is 0 Å². The summed E-state index contributed by atoms with van der Waals surface area (Å²) in [4.78, 5) is 4.46. The fraction of sp³-hybridized carbons (Fsp3) is 0.353. The van der Waals surface area contributed by atoms with Gasteiger partial charge in [-0.05, 0) is 38.0 Å². The van der Waals surface area contributed by atoms with Crippen LogP contribution in [0.2, 0.25) is 5.02 Å². The number of rotatable bonds is 4. The van der Waals surface area contributed by atoms with Gasteiger partial charge in [0.15, 0.2) is 0 Å². The van der Waals surface area contributed by atoms with Crippen molar-refractivity contribution in [2.75, 3.05) is 13.1 Å². The molecule has 128 valence electrons. The van der Waals surface area contributed by atoms with E-state index >= 15 is 0 Å². The standard InChI is InChI=1S/C17H19ClN2O3S/c1-11-6-12(2)17(13(3)7-11)24(21,22)20-9-15(10-20)23-16-5-4-14(18)8-19-16/h4-8,15H,9-10H2,1-3H3. The zero-order valence-corrected chi connectivity index (χ0v) is 15.4. The molecule has 1 aliphatic rings. The highest BCUT2D eigenvalue weighted by molar-refractivity contribution is 7.89. The third-order valence-electron chi connectivity index (χ3n) is 4.00. The van der Waals surface area contributed by atoms with Crippen LogP contribution >= 0.6 is 11.6 Å². The van der Waals surface area contributed by atoms with Crippen molar-refractivity contribution in [1.29, 1.82) is 0 Å². The molecule has 24 heavy (non-hydrogen) atoms. The Morgan fingerprint density at radius 3 is 2.33 bits per heavy atom. The van der Waals surface area contributed by atoms with Gasteiger partial charge in [-0.2, -0.15) is 4.31 Å². The van der Waals surface area contributed by atoms with Gasteiger partial charge < -0.3 is 4.74 Å². The highest BCUT2D eigenvalue weighted by Gasteiger charge is 2.39. The van der Waals surface area contributed by atoms with Crippen molar-refractivity contribution in [2.45, 2.75) is 31.8 Å². The third kappa shape index (κ3) is 3.27. The maximum atomic E-state index is 12.8. The van der Waals surface area contributed by atoms with Gasteiger partial charge in [-0.1, -0.05) is 29.3 Å². The lowest BCUT2D eigenvalue weighted by molar-refractivity contribution is 0.0720. The molecule has 1 fully saturated rings. The highest BCUT2D eigenvalue weighted by Crippen LogP contribution is 2.29. The van der Waals surface area contributed by atoms with E-state index in [2.05, 4.69) is 4.98 Å². The topological polar surface area (TPSA) is 59.5 Å². The second-order valence-electron chi connectivity index (χ2n) is 6.10. The van der Waals surface area contributed by atoms with Crippen LogP contribution in [0.5, 0.6) is 5.88 Å². The summed E-state index contributed by atoms with van der Waals surface area (Å²) in [5.41, 5.74) is 2.61. The Morgan fingerprint density at radius 1 is 1.17 bits per heavy atom. The monoisotopic (exact) mass is 366 g/mol. The molecule has 0 aliphatic carbocycles. The number of hydrogen-bond donors (Lipinski definition) is 0. The SMILES string of the molecule is Cc1cc(C)c(S(=O)(=O)N2CC(Oc3ccc(Cl)cn3)C2)c(C)c1. The molecule has 0 bridgehead atoms. The molecular weight excluding hydrogens is 348 g/mol. The normalized spacial score (nSPS) is 16.0. The molecule has 2 aromatic rings. The average molecular weight is 367 g/mol. The summed E-state index contributed by atoms with van der Waals surface area (Å²) < 4.78 is 32.8. The van der Waals surface area contributed by atoms with Crippen LogP contribution in [-0.4, -0.2) is 36.9 Å². The van der Waals surface area contributed by atoms with E-state index in [4.69, 9.17) is 16.3 Å². The molecule has 1 saturated heterocycles. The fourth-order valence-corrected chi connectivity index (χ4v) is 5.00. The second-order valence-corrected chi connectivity index (χ2v) is 8.42. The van der Waals surface area contributed by atoms with Crippen molar-refractivity contribution in [2.24, 2.45) is 0 Å². The van der Waals surface area contributed by atoms with E-state index in [1.54, 1.807) is 12.1 Å².